The van der Waals surface area contributed by atoms with Crippen molar-refractivity contribution in [1.29, 1.82) is 0 Å². The fourth-order valence-electron chi connectivity index (χ4n) is 2.60. The van der Waals surface area contributed by atoms with Crippen LogP contribution < -0.4 is 5.32 Å². The number of hydrogen-bond acceptors (Lipinski definition) is 3. The Bertz CT molecular complexity index is 502. The van der Waals surface area contributed by atoms with Crippen LogP contribution in [-0.2, 0) is 11.2 Å². The number of hydrogen-bond donors (Lipinski definition) is 1. The van der Waals surface area contributed by atoms with Crippen molar-refractivity contribution in [2.75, 3.05) is 46.3 Å². The van der Waals surface area contributed by atoms with Crippen LogP contribution in [0.3, 0.4) is 0 Å². The molecule has 0 radical (unpaired) electrons. The molecule has 1 amide bonds. The fraction of sp³-hybridized carbons (Fsp3) is 0.562. The highest BCUT2D eigenvalue weighted by atomic mass is 35.5. The Balaban J connectivity index is 1.69. The van der Waals surface area contributed by atoms with Gasteiger partial charge < -0.3 is 15.1 Å². The smallest absolute Gasteiger partial charge is 0.221 e. The summed E-state index contributed by atoms with van der Waals surface area (Å²) in [5.74, 6) is 0.113. The first-order valence-corrected chi connectivity index (χ1v) is 8.43. The van der Waals surface area contributed by atoms with Crippen molar-refractivity contribution in [2.45, 2.75) is 12.8 Å². The molecule has 1 saturated heterocycles. The first-order valence-electron chi connectivity index (χ1n) is 7.67. The Morgan fingerprint density at radius 3 is 2.32 bits per heavy atom. The van der Waals surface area contributed by atoms with Crippen molar-refractivity contribution >= 4 is 29.1 Å². The molecule has 0 aliphatic carbocycles. The number of piperazine rings is 1. The van der Waals surface area contributed by atoms with Gasteiger partial charge in [-0.2, -0.15) is 0 Å². The van der Waals surface area contributed by atoms with Crippen molar-refractivity contribution in [3.63, 3.8) is 0 Å². The standard InChI is InChI=1S/C16H23Cl2N3O/c1-19-16(22)5-7-21-10-8-20(9-11-21)6-4-13-2-3-14(17)15(18)12-13/h2-3,12H,4-11H2,1H3,(H,19,22). The molecule has 0 saturated carbocycles. The van der Waals surface area contributed by atoms with Crippen LogP contribution in [0.15, 0.2) is 18.2 Å². The van der Waals surface area contributed by atoms with Crippen LogP contribution in [0.5, 0.6) is 0 Å². The Morgan fingerprint density at radius 2 is 1.73 bits per heavy atom. The number of benzene rings is 1. The number of halogens is 2. The van der Waals surface area contributed by atoms with Crippen LogP contribution in [-0.4, -0.2) is 62.0 Å². The van der Waals surface area contributed by atoms with Gasteiger partial charge in [0, 0.05) is 52.7 Å². The summed E-state index contributed by atoms with van der Waals surface area (Å²) in [5.41, 5.74) is 1.22. The lowest BCUT2D eigenvalue weighted by atomic mass is 10.1. The van der Waals surface area contributed by atoms with E-state index in [1.807, 2.05) is 18.2 Å². The third-order valence-electron chi connectivity index (χ3n) is 4.10. The average molecular weight is 344 g/mol. The third kappa shape index (κ3) is 5.43. The van der Waals surface area contributed by atoms with Gasteiger partial charge in [-0.05, 0) is 24.1 Å². The van der Waals surface area contributed by atoms with Gasteiger partial charge in [-0.25, -0.2) is 0 Å². The second-order valence-corrected chi connectivity index (χ2v) is 6.42. The largest absolute Gasteiger partial charge is 0.359 e. The molecule has 1 fully saturated rings. The number of nitrogens with zero attached hydrogens (tertiary/aromatic N) is 2. The normalized spacial score (nSPS) is 16.7. The molecule has 0 spiro atoms. The van der Waals surface area contributed by atoms with Gasteiger partial charge >= 0.3 is 0 Å². The highest BCUT2D eigenvalue weighted by molar-refractivity contribution is 6.42. The first kappa shape index (κ1) is 17.5. The van der Waals surface area contributed by atoms with Gasteiger partial charge in [-0.3, -0.25) is 4.79 Å². The quantitative estimate of drug-likeness (QED) is 0.860. The third-order valence-corrected chi connectivity index (χ3v) is 4.84. The van der Waals surface area contributed by atoms with E-state index in [-0.39, 0.29) is 5.91 Å². The average Bonchev–Trinajstić information content (AvgIpc) is 2.54. The molecule has 1 heterocycles. The monoisotopic (exact) mass is 343 g/mol. The predicted octanol–water partition coefficient (Wildman–Crippen LogP) is 2.29. The van der Waals surface area contributed by atoms with E-state index in [0.29, 0.717) is 16.5 Å². The summed E-state index contributed by atoms with van der Waals surface area (Å²) in [6.07, 6.45) is 1.56. The number of amides is 1. The Hall–Kier alpha value is -0.810. The fourth-order valence-corrected chi connectivity index (χ4v) is 2.92. The summed E-state index contributed by atoms with van der Waals surface area (Å²) in [4.78, 5) is 16.1. The van der Waals surface area contributed by atoms with Crippen molar-refractivity contribution in [3.05, 3.63) is 33.8 Å². The molecular weight excluding hydrogens is 321 g/mol. The van der Waals surface area contributed by atoms with E-state index in [2.05, 4.69) is 15.1 Å². The molecule has 0 aromatic heterocycles. The lowest BCUT2D eigenvalue weighted by Gasteiger charge is -2.34. The van der Waals surface area contributed by atoms with Gasteiger partial charge in [0.1, 0.15) is 0 Å². The zero-order chi connectivity index (χ0) is 15.9. The second-order valence-electron chi connectivity index (χ2n) is 5.60. The molecule has 2 rings (SSSR count). The maximum Gasteiger partial charge on any atom is 0.221 e. The molecule has 1 aromatic rings. The van der Waals surface area contributed by atoms with Gasteiger partial charge in [-0.1, -0.05) is 29.3 Å². The number of nitrogens with one attached hydrogen (secondary N) is 1. The molecule has 0 unspecified atom stereocenters. The number of rotatable bonds is 6. The predicted molar refractivity (Wildman–Crippen MR) is 91.7 cm³/mol. The van der Waals surface area contributed by atoms with E-state index >= 15 is 0 Å². The van der Waals surface area contributed by atoms with Crippen LogP contribution in [0, 0.1) is 0 Å². The van der Waals surface area contributed by atoms with Crippen LogP contribution in [0.2, 0.25) is 10.0 Å². The summed E-state index contributed by atoms with van der Waals surface area (Å²) < 4.78 is 0. The van der Waals surface area contributed by atoms with E-state index in [4.69, 9.17) is 23.2 Å². The van der Waals surface area contributed by atoms with Crippen LogP contribution in [0.1, 0.15) is 12.0 Å². The Kier molecular flexibility index (Phi) is 6.96. The van der Waals surface area contributed by atoms with Crippen molar-refractivity contribution < 1.29 is 4.79 Å². The molecule has 0 bridgehead atoms. The summed E-state index contributed by atoms with van der Waals surface area (Å²) in [6, 6.07) is 5.84. The summed E-state index contributed by atoms with van der Waals surface area (Å²) in [6.45, 7) is 6.03. The van der Waals surface area contributed by atoms with Gasteiger partial charge in [-0.15, -0.1) is 0 Å². The van der Waals surface area contributed by atoms with E-state index in [9.17, 15) is 4.79 Å². The topological polar surface area (TPSA) is 35.6 Å². The maximum atomic E-state index is 11.3. The van der Waals surface area contributed by atoms with Crippen LogP contribution >= 0.6 is 23.2 Å². The molecule has 1 aromatic carbocycles. The lowest BCUT2D eigenvalue weighted by molar-refractivity contribution is -0.121. The molecule has 1 aliphatic heterocycles. The summed E-state index contributed by atoms with van der Waals surface area (Å²) in [7, 11) is 1.68. The SMILES string of the molecule is CNC(=O)CCN1CCN(CCc2ccc(Cl)c(Cl)c2)CC1. The Labute approximate surface area is 142 Å². The first-order chi connectivity index (χ1) is 10.6. The van der Waals surface area contributed by atoms with Crippen molar-refractivity contribution in [3.8, 4) is 0 Å². The van der Waals surface area contributed by atoms with Crippen LogP contribution in [0.25, 0.3) is 0 Å². The van der Waals surface area contributed by atoms with E-state index in [1.165, 1.54) is 5.56 Å². The van der Waals surface area contributed by atoms with Crippen molar-refractivity contribution in [2.24, 2.45) is 0 Å². The highest BCUT2D eigenvalue weighted by Crippen LogP contribution is 2.22. The number of carbonyl (C=O) groups is 1. The van der Waals surface area contributed by atoms with Crippen LogP contribution in [0.4, 0.5) is 0 Å². The molecule has 1 N–H and O–H groups in total. The van der Waals surface area contributed by atoms with Gasteiger partial charge in [0.05, 0.1) is 10.0 Å². The zero-order valence-electron chi connectivity index (χ0n) is 12.9. The summed E-state index contributed by atoms with van der Waals surface area (Å²) >= 11 is 12.0. The molecule has 122 valence electrons. The molecular formula is C16H23Cl2N3O. The van der Waals surface area contributed by atoms with Gasteiger partial charge in [0.25, 0.3) is 0 Å². The highest BCUT2D eigenvalue weighted by Gasteiger charge is 2.17. The molecule has 0 atom stereocenters. The lowest BCUT2D eigenvalue weighted by Crippen LogP contribution is -2.47. The summed E-state index contributed by atoms with van der Waals surface area (Å²) in [5, 5.41) is 3.89. The Morgan fingerprint density at radius 1 is 1.09 bits per heavy atom. The van der Waals surface area contributed by atoms with E-state index in [1.54, 1.807) is 7.05 Å². The van der Waals surface area contributed by atoms with E-state index in [0.717, 1.165) is 45.7 Å². The minimum absolute atomic E-state index is 0.113. The van der Waals surface area contributed by atoms with Gasteiger partial charge in [0.15, 0.2) is 0 Å². The van der Waals surface area contributed by atoms with Crippen molar-refractivity contribution in [1.82, 2.24) is 15.1 Å². The second kappa shape index (κ2) is 8.73. The van der Waals surface area contributed by atoms with E-state index < -0.39 is 0 Å². The maximum absolute atomic E-state index is 11.3. The molecule has 6 heteroatoms. The minimum Gasteiger partial charge on any atom is -0.359 e. The molecule has 1 aliphatic rings. The zero-order valence-corrected chi connectivity index (χ0v) is 14.5. The molecule has 22 heavy (non-hydrogen) atoms. The molecule has 4 nitrogen and oxygen atoms in total. The van der Waals surface area contributed by atoms with Gasteiger partial charge in [0.2, 0.25) is 5.91 Å². The number of carbonyl (C=O) groups excluding carboxylic acids is 1. The minimum atomic E-state index is 0.113.